The molecular weight excluding hydrogens is 127 g/mol. The van der Waals surface area contributed by atoms with Crippen LogP contribution in [0.15, 0.2) is 23.1 Å². The summed E-state index contributed by atoms with van der Waals surface area (Å²) in [6.07, 6.45) is 0. The Hall–Kier alpha value is -0.365. The van der Waals surface area contributed by atoms with E-state index in [0.717, 1.165) is 4.90 Å². The maximum absolute atomic E-state index is 4.27. The van der Waals surface area contributed by atoms with Crippen molar-refractivity contribution in [3.63, 3.8) is 0 Å². The Labute approximate surface area is 62.1 Å². The van der Waals surface area contributed by atoms with Crippen LogP contribution in [0.25, 0.3) is 0 Å². The molecule has 0 spiro atoms. The highest BCUT2D eigenvalue weighted by Gasteiger charge is 1.89. The van der Waals surface area contributed by atoms with Gasteiger partial charge in [-0.15, -0.1) is 12.6 Å². The van der Waals surface area contributed by atoms with Crippen molar-refractivity contribution in [2.24, 2.45) is 0 Å². The van der Waals surface area contributed by atoms with E-state index >= 15 is 0 Å². The van der Waals surface area contributed by atoms with Gasteiger partial charge in [-0.1, -0.05) is 23.7 Å². The minimum absolute atomic E-state index is 1.08. The summed E-state index contributed by atoms with van der Waals surface area (Å²) in [6.45, 7) is 2.06. The predicted octanol–water partition coefficient (Wildman–Crippen LogP) is 0.542. The SMILES string of the molecule is Bc1ccc(C)c(S)c1. The molecule has 9 heavy (non-hydrogen) atoms. The van der Waals surface area contributed by atoms with E-state index in [1.807, 2.05) is 0 Å². The number of benzene rings is 1. The lowest BCUT2D eigenvalue weighted by molar-refractivity contribution is 1.33. The molecule has 0 atom stereocenters. The molecule has 2 heteroatoms. The third-order valence-corrected chi connectivity index (χ3v) is 1.85. The van der Waals surface area contributed by atoms with E-state index < -0.39 is 0 Å². The molecule has 0 saturated carbocycles. The van der Waals surface area contributed by atoms with Crippen LogP contribution in [0.2, 0.25) is 0 Å². The fourth-order valence-electron chi connectivity index (χ4n) is 0.719. The first-order valence-electron chi connectivity index (χ1n) is 2.96. The molecular formula is C7H9BS. The summed E-state index contributed by atoms with van der Waals surface area (Å²) in [6, 6.07) is 6.24. The lowest BCUT2D eigenvalue weighted by Gasteiger charge is -1.97. The minimum atomic E-state index is 1.08. The second-order valence-corrected chi connectivity index (χ2v) is 2.77. The fourth-order valence-corrected chi connectivity index (χ4v) is 0.998. The highest BCUT2D eigenvalue weighted by molar-refractivity contribution is 7.80. The van der Waals surface area contributed by atoms with Crippen molar-refractivity contribution in [3.05, 3.63) is 23.8 Å². The Morgan fingerprint density at radius 3 is 2.56 bits per heavy atom. The molecule has 1 aromatic carbocycles. The van der Waals surface area contributed by atoms with Crippen molar-refractivity contribution >= 4 is 25.9 Å². The zero-order chi connectivity index (χ0) is 6.85. The average Bonchev–Trinajstić information content (AvgIpc) is 1.80. The Balaban J connectivity index is 3.17. The predicted molar refractivity (Wildman–Crippen MR) is 46.6 cm³/mol. The normalized spacial score (nSPS) is 9.56. The second-order valence-electron chi connectivity index (χ2n) is 2.29. The summed E-state index contributed by atoms with van der Waals surface area (Å²) in [5, 5.41) is 0. The average molecular weight is 136 g/mol. The highest BCUT2D eigenvalue weighted by atomic mass is 32.1. The van der Waals surface area contributed by atoms with E-state index in [4.69, 9.17) is 0 Å². The first kappa shape index (κ1) is 6.75. The molecule has 46 valence electrons. The maximum atomic E-state index is 4.27. The van der Waals surface area contributed by atoms with Gasteiger partial charge in [-0.3, -0.25) is 0 Å². The quantitative estimate of drug-likeness (QED) is 0.390. The van der Waals surface area contributed by atoms with Gasteiger partial charge in [0.1, 0.15) is 7.85 Å². The van der Waals surface area contributed by atoms with Gasteiger partial charge in [0.05, 0.1) is 0 Å². The van der Waals surface area contributed by atoms with Crippen molar-refractivity contribution in [1.82, 2.24) is 0 Å². The third-order valence-electron chi connectivity index (χ3n) is 1.36. The molecule has 0 unspecified atom stereocenters. The van der Waals surface area contributed by atoms with Gasteiger partial charge in [0.15, 0.2) is 0 Å². The summed E-state index contributed by atoms with van der Waals surface area (Å²) >= 11 is 4.27. The van der Waals surface area contributed by atoms with E-state index in [2.05, 4.69) is 45.6 Å². The van der Waals surface area contributed by atoms with Crippen molar-refractivity contribution < 1.29 is 0 Å². The summed E-state index contributed by atoms with van der Waals surface area (Å²) in [4.78, 5) is 1.08. The molecule has 1 rings (SSSR count). The van der Waals surface area contributed by atoms with E-state index in [1.54, 1.807) is 0 Å². The van der Waals surface area contributed by atoms with Gasteiger partial charge in [0, 0.05) is 4.90 Å². The van der Waals surface area contributed by atoms with E-state index in [0.29, 0.717) is 0 Å². The van der Waals surface area contributed by atoms with Crippen molar-refractivity contribution in [2.75, 3.05) is 0 Å². The monoisotopic (exact) mass is 136 g/mol. The van der Waals surface area contributed by atoms with Crippen LogP contribution in [0.3, 0.4) is 0 Å². The van der Waals surface area contributed by atoms with Crippen LogP contribution in [0.5, 0.6) is 0 Å². The molecule has 0 aliphatic carbocycles. The molecule has 0 aromatic heterocycles. The molecule has 1 aromatic rings. The Morgan fingerprint density at radius 1 is 1.44 bits per heavy atom. The van der Waals surface area contributed by atoms with Gasteiger partial charge in [-0.2, -0.15) is 0 Å². The van der Waals surface area contributed by atoms with Gasteiger partial charge in [0.2, 0.25) is 0 Å². The van der Waals surface area contributed by atoms with E-state index in [1.165, 1.54) is 11.0 Å². The number of rotatable bonds is 0. The Kier molecular flexibility index (Phi) is 1.86. The van der Waals surface area contributed by atoms with E-state index in [9.17, 15) is 0 Å². The van der Waals surface area contributed by atoms with Crippen LogP contribution in [0, 0.1) is 6.92 Å². The zero-order valence-corrected chi connectivity index (χ0v) is 6.57. The van der Waals surface area contributed by atoms with Gasteiger partial charge < -0.3 is 0 Å². The summed E-state index contributed by atoms with van der Waals surface area (Å²) in [7, 11) is 2.07. The molecule has 0 nitrogen and oxygen atoms in total. The molecule has 0 aliphatic rings. The maximum Gasteiger partial charge on any atom is 0.139 e. The molecule has 0 N–H and O–H groups in total. The lowest BCUT2D eigenvalue weighted by Crippen LogP contribution is -2.00. The van der Waals surface area contributed by atoms with Crippen molar-refractivity contribution in [3.8, 4) is 0 Å². The van der Waals surface area contributed by atoms with Crippen molar-refractivity contribution in [1.29, 1.82) is 0 Å². The van der Waals surface area contributed by atoms with E-state index in [-0.39, 0.29) is 0 Å². The molecule has 0 aliphatic heterocycles. The number of hydrogen-bond donors (Lipinski definition) is 1. The summed E-state index contributed by atoms with van der Waals surface area (Å²) in [5.74, 6) is 0. The number of thiol groups is 1. The molecule has 0 radical (unpaired) electrons. The number of aryl methyl sites for hydroxylation is 1. The zero-order valence-electron chi connectivity index (χ0n) is 5.68. The van der Waals surface area contributed by atoms with Crippen LogP contribution in [-0.2, 0) is 0 Å². The van der Waals surface area contributed by atoms with Crippen molar-refractivity contribution in [2.45, 2.75) is 11.8 Å². The number of hydrogen-bond acceptors (Lipinski definition) is 1. The molecule has 0 heterocycles. The molecule has 0 amide bonds. The van der Waals surface area contributed by atoms with Gasteiger partial charge in [-0.05, 0) is 12.5 Å². The van der Waals surface area contributed by atoms with Gasteiger partial charge in [-0.25, -0.2) is 0 Å². The first-order chi connectivity index (χ1) is 4.20. The van der Waals surface area contributed by atoms with Crippen LogP contribution in [0.4, 0.5) is 0 Å². The Morgan fingerprint density at radius 2 is 2.11 bits per heavy atom. The van der Waals surface area contributed by atoms with Crippen LogP contribution in [-0.4, -0.2) is 7.85 Å². The molecule has 0 saturated heterocycles. The second kappa shape index (κ2) is 2.48. The smallest absolute Gasteiger partial charge is 0.139 e. The largest absolute Gasteiger partial charge is 0.143 e. The van der Waals surface area contributed by atoms with Crippen LogP contribution in [0.1, 0.15) is 5.56 Å². The standard InChI is InChI=1S/C7H9BS/c1-5-2-3-6(8)4-7(5)9/h2-4,9H,8H2,1H3. The van der Waals surface area contributed by atoms with Crippen LogP contribution < -0.4 is 5.46 Å². The highest BCUT2D eigenvalue weighted by Crippen LogP contribution is 2.08. The molecule has 0 bridgehead atoms. The topological polar surface area (TPSA) is 0 Å². The van der Waals surface area contributed by atoms with Crippen LogP contribution >= 0.6 is 12.6 Å². The first-order valence-corrected chi connectivity index (χ1v) is 3.41. The lowest BCUT2D eigenvalue weighted by atomic mass is 9.95. The minimum Gasteiger partial charge on any atom is -0.143 e. The summed E-state index contributed by atoms with van der Waals surface area (Å²) < 4.78 is 0. The fraction of sp³-hybridized carbons (Fsp3) is 0.143. The van der Waals surface area contributed by atoms with Gasteiger partial charge >= 0.3 is 0 Å². The Bertz CT molecular complexity index is 220. The third kappa shape index (κ3) is 1.52. The molecule has 0 fully saturated rings. The van der Waals surface area contributed by atoms with Gasteiger partial charge in [0.25, 0.3) is 0 Å². The summed E-state index contributed by atoms with van der Waals surface area (Å²) in [5.41, 5.74) is 2.51.